The van der Waals surface area contributed by atoms with Gasteiger partial charge >= 0.3 is 0 Å². The molecule has 0 unspecified atom stereocenters. The summed E-state index contributed by atoms with van der Waals surface area (Å²) in [5, 5.41) is 0. The molecule has 0 aromatic heterocycles. The van der Waals surface area contributed by atoms with Gasteiger partial charge in [0.15, 0.2) is 0 Å². The van der Waals surface area contributed by atoms with Crippen LogP contribution in [-0.2, 0) is 6.42 Å². The summed E-state index contributed by atoms with van der Waals surface area (Å²) in [5.74, 6) is -0.221. The normalized spacial score (nSPS) is 15.7. The van der Waals surface area contributed by atoms with E-state index in [4.69, 9.17) is 5.73 Å². The van der Waals surface area contributed by atoms with E-state index in [-0.39, 0.29) is 11.9 Å². The van der Waals surface area contributed by atoms with Crippen molar-refractivity contribution in [2.24, 2.45) is 5.73 Å². The van der Waals surface area contributed by atoms with E-state index in [2.05, 4.69) is 30.0 Å². The SMILES string of the molecule is Cc1ccc2c(c1)CCCN2c1cccc(F)c1[C@H](C)N. The molecule has 110 valence electrons. The monoisotopic (exact) mass is 284 g/mol. The van der Waals surface area contributed by atoms with Crippen LogP contribution in [0.5, 0.6) is 0 Å². The molecule has 0 saturated heterocycles. The summed E-state index contributed by atoms with van der Waals surface area (Å²) < 4.78 is 14.2. The van der Waals surface area contributed by atoms with Crippen molar-refractivity contribution in [1.29, 1.82) is 0 Å². The molecule has 0 radical (unpaired) electrons. The van der Waals surface area contributed by atoms with Crippen LogP contribution < -0.4 is 10.6 Å². The summed E-state index contributed by atoms with van der Waals surface area (Å²) in [6.45, 7) is 4.84. The number of halogens is 1. The Morgan fingerprint density at radius 2 is 2.00 bits per heavy atom. The molecule has 2 N–H and O–H groups in total. The molecule has 0 fully saturated rings. The molecule has 0 bridgehead atoms. The molecule has 2 aromatic carbocycles. The Hall–Kier alpha value is -1.87. The average Bonchev–Trinajstić information content (AvgIpc) is 2.45. The summed E-state index contributed by atoms with van der Waals surface area (Å²) in [5.41, 5.74) is 11.3. The first kappa shape index (κ1) is 14.1. The zero-order valence-corrected chi connectivity index (χ0v) is 12.6. The molecule has 1 aliphatic rings. The largest absolute Gasteiger partial charge is 0.341 e. The Labute approximate surface area is 125 Å². The van der Waals surface area contributed by atoms with Crippen molar-refractivity contribution >= 4 is 11.4 Å². The van der Waals surface area contributed by atoms with E-state index in [0.717, 1.165) is 25.1 Å². The first-order valence-corrected chi connectivity index (χ1v) is 7.49. The van der Waals surface area contributed by atoms with E-state index in [1.54, 1.807) is 6.07 Å². The average molecular weight is 284 g/mol. The predicted octanol–water partition coefficient (Wildman–Crippen LogP) is 4.24. The van der Waals surface area contributed by atoms with Crippen LogP contribution in [0.15, 0.2) is 36.4 Å². The third-order valence-corrected chi connectivity index (χ3v) is 4.13. The van der Waals surface area contributed by atoms with Gasteiger partial charge in [-0.2, -0.15) is 0 Å². The molecular weight excluding hydrogens is 263 g/mol. The first-order chi connectivity index (χ1) is 10.1. The third kappa shape index (κ3) is 2.54. The first-order valence-electron chi connectivity index (χ1n) is 7.49. The number of hydrogen-bond acceptors (Lipinski definition) is 2. The molecule has 0 amide bonds. The lowest BCUT2D eigenvalue weighted by Gasteiger charge is -2.33. The minimum Gasteiger partial charge on any atom is -0.341 e. The molecule has 2 aromatic rings. The second-order valence-corrected chi connectivity index (χ2v) is 5.85. The number of nitrogens with zero attached hydrogens (tertiary/aromatic N) is 1. The van der Waals surface area contributed by atoms with Crippen molar-refractivity contribution < 1.29 is 4.39 Å². The van der Waals surface area contributed by atoms with Crippen LogP contribution >= 0.6 is 0 Å². The number of hydrogen-bond donors (Lipinski definition) is 1. The smallest absolute Gasteiger partial charge is 0.130 e. The second kappa shape index (κ2) is 5.49. The summed E-state index contributed by atoms with van der Waals surface area (Å²) in [4.78, 5) is 2.21. The molecule has 0 aliphatic carbocycles. The maximum absolute atomic E-state index is 14.2. The number of aryl methyl sites for hydroxylation is 2. The molecule has 2 nitrogen and oxygen atoms in total. The van der Waals surface area contributed by atoms with Gasteiger partial charge in [-0.05, 0) is 50.5 Å². The van der Waals surface area contributed by atoms with Crippen molar-refractivity contribution in [2.75, 3.05) is 11.4 Å². The molecule has 1 heterocycles. The standard InChI is InChI=1S/C18H21FN2/c1-12-8-9-16-14(11-12)5-4-10-21(16)17-7-3-6-15(19)18(17)13(2)20/h3,6-9,11,13H,4-5,10,20H2,1-2H3/t13-/m0/s1. The molecule has 1 aliphatic heterocycles. The number of benzene rings is 2. The molecule has 0 spiro atoms. The lowest BCUT2D eigenvalue weighted by molar-refractivity contribution is 0.592. The van der Waals surface area contributed by atoms with Crippen molar-refractivity contribution in [1.82, 2.24) is 0 Å². The molecule has 21 heavy (non-hydrogen) atoms. The van der Waals surface area contributed by atoms with Gasteiger partial charge < -0.3 is 10.6 Å². The van der Waals surface area contributed by atoms with Crippen LogP contribution in [0.3, 0.4) is 0 Å². The Bertz CT molecular complexity index is 664. The molecule has 3 heteroatoms. The second-order valence-electron chi connectivity index (χ2n) is 5.85. The Morgan fingerprint density at radius 3 is 2.76 bits per heavy atom. The minimum atomic E-state index is -0.322. The highest BCUT2D eigenvalue weighted by atomic mass is 19.1. The highest BCUT2D eigenvalue weighted by Gasteiger charge is 2.23. The fourth-order valence-electron chi connectivity index (χ4n) is 3.19. The summed E-state index contributed by atoms with van der Waals surface area (Å²) >= 11 is 0. The summed E-state index contributed by atoms with van der Waals surface area (Å²) in [7, 11) is 0. The van der Waals surface area contributed by atoms with Gasteiger partial charge in [0.05, 0.1) is 0 Å². The zero-order chi connectivity index (χ0) is 15.0. The maximum Gasteiger partial charge on any atom is 0.130 e. The van der Waals surface area contributed by atoms with Crippen LogP contribution in [-0.4, -0.2) is 6.54 Å². The van der Waals surface area contributed by atoms with Crippen LogP contribution in [0.1, 0.15) is 36.1 Å². The Balaban J connectivity index is 2.13. The molecule has 0 saturated carbocycles. The van der Waals surface area contributed by atoms with Crippen LogP contribution in [0.2, 0.25) is 0 Å². The number of anilines is 2. The molecule has 1 atom stereocenters. The van der Waals surface area contributed by atoms with Crippen LogP contribution in [0, 0.1) is 12.7 Å². The number of rotatable bonds is 2. The van der Waals surface area contributed by atoms with Crippen LogP contribution in [0.4, 0.5) is 15.8 Å². The van der Waals surface area contributed by atoms with E-state index >= 15 is 0 Å². The molecule has 3 rings (SSSR count). The van der Waals surface area contributed by atoms with Gasteiger partial charge in [0.25, 0.3) is 0 Å². The van der Waals surface area contributed by atoms with Gasteiger partial charge in [0.2, 0.25) is 0 Å². The van der Waals surface area contributed by atoms with Crippen molar-refractivity contribution in [3.63, 3.8) is 0 Å². The van der Waals surface area contributed by atoms with Crippen molar-refractivity contribution in [2.45, 2.75) is 32.7 Å². The topological polar surface area (TPSA) is 29.3 Å². The quantitative estimate of drug-likeness (QED) is 0.893. The van der Waals surface area contributed by atoms with Gasteiger partial charge in [-0.1, -0.05) is 23.8 Å². The number of nitrogens with two attached hydrogens (primary N) is 1. The molecular formula is C18H21FN2. The highest BCUT2D eigenvalue weighted by molar-refractivity contribution is 5.71. The Morgan fingerprint density at radius 1 is 1.19 bits per heavy atom. The van der Waals surface area contributed by atoms with Crippen molar-refractivity contribution in [3.8, 4) is 0 Å². The van der Waals surface area contributed by atoms with Gasteiger partial charge in [-0.15, -0.1) is 0 Å². The van der Waals surface area contributed by atoms with Gasteiger partial charge in [0, 0.05) is 29.5 Å². The van der Waals surface area contributed by atoms with Gasteiger partial charge in [-0.3, -0.25) is 0 Å². The van der Waals surface area contributed by atoms with E-state index < -0.39 is 0 Å². The fourth-order valence-corrected chi connectivity index (χ4v) is 3.19. The number of fused-ring (bicyclic) bond motifs is 1. The maximum atomic E-state index is 14.2. The Kier molecular flexibility index (Phi) is 3.68. The van der Waals surface area contributed by atoms with Gasteiger partial charge in [0.1, 0.15) is 5.82 Å². The highest BCUT2D eigenvalue weighted by Crippen LogP contribution is 2.38. The van der Waals surface area contributed by atoms with E-state index in [1.165, 1.54) is 22.9 Å². The zero-order valence-electron chi connectivity index (χ0n) is 12.6. The van der Waals surface area contributed by atoms with E-state index in [0.29, 0.717) is 5.56 Å². The van der Waals surface area contributed by atoms with E-state index in [9.17, 15) is 4.39 Å². The minimum absolute atomic E-state index is 0.221. The lowest BCUT2D eigenvalue weighted by Crippen LogP contribution is -2.27. The summed E-state index contributed by atoms with van der Waals surface area (Å²) in [6.07, 6.45) is 2.15. The van der Waals surface area contributed by atoms with Crippen LogP contribution in [0.25, 0.3) is 0 Å². The third-order valence-electron chi connectivity index (χ3n) is 4.13. The van der Waals surface area contributed by atoms with Crippen molar-refractivity contribution in [3.05, 3.63) is 58.9 Å². The fraction of sp³-hybridized carbons (Fsp3) is 0.333. The predicted molar refractivity (Wildman–Crippen MR) is 85.5 cm³/mol. The summed E-state index contributed by atoms with van der Waals surface area (Å²) in [6, 6.07) is 11.4. The lowest BCUT2D eigenvalue weighted by atomic mass is 9.97. The van der Waals surface area contributed by atoms with E-state index in [1.807, 2.05) is 13.0 Å². The van der Waals surface area contributed by atoms with Gasteiger partial charge in [-0.25, -0.2) is 4.39 Å².